The van der Waals surface area contributed by atoms with E-state index in [1.807, 2.05) is 45.9 Å². The van der Waals surface area contributed by atoms with Gasteiger partial charge in [0.1, 0.15) is 0 Å². The molecule has 1 amide bonds. The van der Waals surface area contributed by atoms with Crippen molar-refractivity contribution < 1.29 is 4.79 Å². The molecule has 0 spiro atoms. The maximum atomic E-state index is 11.9. The van der Waals surface area contributed by atoms with Gasteiger partial charge in [-0.1, -0.05) is 18.2 Å². The zero-order chi connectivity index (χ0) is 15.9. The van der Waals surface area contributed by atoms with Crippen LogP contribution in [0, 0.1) is 0 Å². The second-order valence-electron chi connectivity index (χ2n) is 6.53. The Hall–Kier alpha value is -1.55. The van der Waals surface area contributed by atoms with Crippen LogP contribution in [-0.2, 0) is 4.79 Å². The Balaban J connectivity index is 2.23. The lowest BCUT2D eigenvalue weighted by Gasteiger charge is -2.24. The summed E-state index contributed by atoms with van der Waals surface area (Å²) < 4.78 is 0. The van der Waals surface area contributed by atoms with Crippen molar-refractivity contribution in [3.8, 4) is 0 Å². The van der Waals surface area contributed by atoms with Crippen LogP contribution < -0.4 is 15.5 Å². The van der Waals surface area contributed by atoms with Gasteiger partial charge >= 0.3 is 0 Å². The van der Waals surface area contributed by atoms with Gasteiger partial charge in [0, 0.05) is 24.8 Å². The number of amides is 1. The summed E-state index contributed by atoms with van der Waals surface area (Å²) in [5.74, 6) is 0.0545. The zero-order valence-electron chi connectivity index (χ0n) is 13.9. The quantitative estimate of drug-likeness (QED) is 0.758. The molecule has 118 valence electrons. The second-order valence-corrected chi connectivity index (χ2v) is 6.53. The van der Waals surface area contributed by atoms with E-state index < -0.39 is 0 Å². The fraction of sp³-hybridized carbons (Fsp3) is 0.588. The highest BCUT2D eigenvalue weighted by Crippen LogP contribution is 2.10. The first-order chi connectivity index (χ1) is 9.79. The Kier molecular flexibility index (Phi) is 6.69. The smallest absolute Gasteiger partial charge is 0.237 e. The summed E-state index contributed by atoms with van der Waals surface area (Å²) in [7, 11) is 2.09. The van der Waals surface area contributed by atoms with E-state index in [0.717, 1.165) is 19.5 Å². The number of carbonyl (C=O) groups excluding carboxylic acids is 1. The highest BCUT2D eigenvalue weighted by Gasteiger charge is 2.18. The summed E-state index contributed by atoms with van der Waals surface area (Å²) in [4.78, 5) is 14.1. The van der Waals surface area contributed by atoms with Gasteiger partial charge in [-0.05, 0) is 52.8 Å². The molecule has 0 fully saturated rings. The molecule has 1 rings (SSSR count). The third kappa shape index (κ3) is 7.14. The molecule has 0 saturated carbocycles. The van der Waals surface area contributed by atoms with Gasteiger partial charge in [0.2, 0.25) is 5.91 Å². The van der Waals surface area contributed by atoms with E-state index in [-0.39, 0.29) is 17.5 Å². The first-order valence-electron chi connectivity index (χ1n) is 7.61. The lowest BCUT2D eigenvalue weighted by molar-refractivity contribution is -0.124. The number of benzene rings is 1. The fourth-order valence-corrected chi connectivity index (χ4v) is 2.02. The van der Waals surface area contributed by atoms with Crippen molar-refractivity contribution in [1.82, 2.24) is 10.6 Å². The van der Waals surface area contributed by atoms with E-state index in [4.69, 9.17) is 0 Å². The Morgan fingerprint density at radius 2 is 1.86 bits per heavy atom. The molecule has 21 heavy (non-hydrogen) atoms. The monoisotopic (exact) mass is 291 g/mol. The number of nitrogens with zero attached hydrogens (tertiary/aromatic N) is 1. The maximum Gasteiger partial charge on any atom is 0.237 e. The van der Waals surface area contributed by atoms with Crippen molar-refractivity contribution in [2.75, 3.05) is 25.0 Å². The topological polar surface area (TPSA) is 44.4 Å². The predicted octanol–water partition coefficient (Wildman–Crippen LogP) is 2.41. The molecule has 4 nitrogen and oxygen atoms in total. The minimum Gasteiger partial charge on any atom is -0.375 e. The van der Waals surface area contributed by atoms with Crippen LogP contribution in [0.4, 0.5) is 5.69 Å². The summed E-state index contributed by atoms with van der Waals surface area (Å²) >= 11 is 0. The van der Waals surface area contributed by atoms with Gasteiger partial charge in [-0.3, -0.25) is 4.79 Å². The zero-order valence-corrected chi connectivity index (χ0v) is 13.9. The predicted molar refractivity (Wildman–Crippen MR) is 89.7 cm³/mol. The molecule has 2 N–H and O–H groups in total. The number of carbonyl (C=O) groups is 1. The van der Waals surface area contributed by atoms with Crippen LogP contribution in [0.2, 0.25) is 0 Å². The summed E-state index contributed by atoms with van der Waals surface area (Å²) in [5, 5.41) is 6.26. The summed E-state index contributed by atoms with van der Waals surface area (Å²) in [5.41, 5.74) is 1.04. The third-order valence-electron chi connectivity index (χ3n) is 3.21. The number of rotatable bonds is 7. The molecule has 0 saturated heterocycles. The molecule has 0 bridgehead atoms. The lowest BCUT2D eigenvalue weighted by atomic mass is 10.1. The normalized spacial score (nSPS) is 12.8. The molecule has 4 heteroatoms. The van der Waals surface area contributed by atoms with Crippen LogP contribution in [0.3, 0.4) is 0 Å². The minimum absolute atomic E-state index is 0.0545. The molecule has 0 aromatic heterocycles. The average Bonchev–Trinajstić information content (AvgIpc) is 2.42. The van der Waals surface area contributed by atoms with Crippen molar-refractivity contribution >= 4 is 11.6 Å². The Labute approximate surface area is 128 Å². The molecule has 1 aromatic carbocycles. The molecule has 0 aliphatic heterocycles. The van der Waals surface area contributed by atoms with Crippen LogP contribution >= 0.6 is 0 Å². The number of anilines is 1. The van der Waals surface area contributed by atoms with Gasteiger partial charge < -0.3 is 15.5 Å². The third-order valence-corrected chi connectivity index (χ3v) is 3.21. The number of nitrogens with one attached hydrogen (secondary N) is 2. The fourth-order valence-electron chi connectivity index (χ4n) is 2.02. The van der Waals surface area contributed by atoms with E-state index in [1.54, 1.807) is 0 Å². The standard InChI is InChI=1S/C17H29N3O/c1-14(16(21)19-17(2,3)4)18-12-9-13-20(5)15-10-7-6-8-11-15/h6-8,10-11,14,18H,9,12-13H2,1-5H3,(H,19,21). The van der Waals surface area contributed by atoms with Crippen LogP contribution in [-0.4, -0.2) is 37.6 Å². The van der Waals surface area contributed by atoms with E-state index in [1.165, 1.54) is 5.69 Å². The molecule has 1 atom stereocenters. The van der Waals surface area contributed by atoms with Gasteiger partial charge in [-0.15, -0.1) is 0 Å². The minimum atomic E-state index is -0.180. The van der Waals surface area contributed by atoms with E-state index in [9.17, 15) is 4.79 Å². The molecular formula is C17H29N3O. The molecule has 1 aromatic rings. The van der Waals surface area contributed by atoms with E-state index in [0.29, 0.717) is 0 Å². The van der Waals surface area contributed by atoms with Crippen molar-refractivity contribution in [2.24, 2.45) is 0 Å². The van der Waals surface area contributed by atoms with Gasteiger partial charge in [-0.2, -0.15) is 0 Å². The summed E-state index contributed by atoms with van der Waals surface area (Å²) in [6.07, 6.45) is 0.999. The highest BCUT2D eigenvalue weighted by molar-refractivity contribution is 5.81. The van der Waals surface area contributed by atoms with Gasteiger partial charge in [0.05, 0.1) is 6.04 Å². The first-order valence-corrected chi connectivity index (χ1v) is 7.61. The lowest BCUT2D eigenvalue weighted by Crippen LogP contribution is -2.49. The van der Waals surface area contributed by atoms with Crippen LogP contribution in [0.1, 0.15) is 34.1 Å². The highest BCUT2D eigenvalue weighted by atomic mass is 16.2. The molecule has 1 unspecified atom stereocenters. The maximum absolute atomic E-state index is 11.9. The van der Waals surface area contributed by atoms with Crippen molar-refractivity contribution in [1.29, 1.82) is 0 Å². The number of hydrogen-bond acceptors (Lipinski definition) is 3. The van der Waals surface area contributed by atoms with Crippen LogP contribution in [0.15, 0.2) is 30.3 Å². The van der Waals surface area contributed by atoms with Crippen LogP contribution in [0.25, 0.3) is 0 Å². The van der Waals surface area contributed by atoms with Gasteiger partial charge in [0.25, 0.3) is 0 Å². The Morgan fingerprint density at radius 1 is 1.24 bits per heavy atom. The largest absolute Gasteiger partial charge is 0.375 e. The summed E-state index contributed by atoms with van der Waals surface area (Å²) in [6, 6.07) is 10.2. The van der Waals surface area contributed by atoms with Crippen molar-refractivity contribution in [3.05, 3.63) is 30.3 Å². The molecule has 0 aliphatic carbocycles. The summed E-state index contributed by atoms with van der Waals surface area (Å²) in [6.45, 7) is 9.67. The Bertz CT molecular complexity index is 425. The van der Waals surface area contributed by atoms with Crippen molar-refractivity contribution in [2.45, 2.75) is 45.7 Å². The molecule has 0 radical (unpaired) electrons. The van der Waals surface area contributed by atoms with Crippen molar-refractivity contribution in [3.63, 3.8) is 0 Å². The van der Waals surface area contributed by atoms with E-state index >= 15 is 0 Å². The Morgan fingerprint density at radius 3 is 2.43 bits per heavy atom. The second kappa shape index (κ2) is 8.03. The number of para-hydroxylation sites is 1. The van der Waals surface area contributed by atoms with Gasteiger partial charge in [-0.25, -0.2) is 0 Å². The SMILES string of the molecule is CC(NCCCN(C)c1ccccc1)C(=O)NC(C)(C)C. The molecule has 0 aliphatic rings. The molecule has 0 heterocycles. The van der Waals surface area contributed by atoms with Crippen LogP contribution in [0.5, 0.6) is 0 Å². The average molecular weight is 291 g/mol. The molecular weight excluding hydrogens is 262 g/mol. The van der Waals surface area contributed by atoms with E-state index in [2.05, 4.69) is 34.7 Å². The van der Waals surface area contributed by atoms with Gasteiger partial charge in [0.15, 0.2) is 0 Å². The first kappa shape index (κ1) is 17.5. The number of hydrogen-bond donors (Lipinski definition) is 2.